The van der Waals surface area contributed by atoms with Crippen LogP contribution in [-0.4, -0.2) is 15.7 Å². The van der Waals surface area contributed by atoms with Crippen molar-refractivity contribution in [1.29, 1.82) is 0 Å². The van der Waals surface area contributed by atoms with E-state index in [1.165, 1.54) is 36.4 Å². The lowest BCUT2D eigenvalue weighted by molar-refractivity contribution is -0.143. The molecule has 1 N–H and O–H groups in total. The van der Waals surface area contributed by atoms with Crippen molar-refractivity contribution in [3.63, 3.8) is 0 Å². The highest BCUT2D eigenvalue weighted by Gasteiger charge is 2.40. The van der Waals surface area contributed by atoms with E-state index in [1.54, 1.807) is 0 Å². The Balaban J connectivity index is 2.02. The summed E-state index contributed by atoms with van der Waals surface area (Å²) in [7, 11) is 0. The van der Waals surface area contributed by atoms with Gasteiger partial charge in [-0.15, -0.1) is 0 Å². The summed E-state index contributed by atoms with van der Waals surface area (Å²) in [6, 6.07) is 10.3. The second kappa shape index (κ2) is 6.80. The number of hydrogen-bond donors (Lipinski definition) is 1. The van der Waals surface area contributed by atoms with Gasteiger partial charge in [0.05, 0.1) is 17.4 Å². The summed E-state index contributed by atoms with van der Waals surface area (Å²) >= 11 is 5.82. The van der Waals surface area contributed by atoms with Crippen molar-refractivity contribution in [3.05, 3.63) is 76.8 Å². The van der Waals surface area contributed by atoms with Gasteiger partial charge in [-0.1, -0.05) is 17.7 Å². The normalized spacial score (nSPS) is 11.4. The zero-order chi connectivity index (χ0) is 18.9. The molecule has 0 spiro atoms. The molecule has 0 fully saturated rings. The van der Waals surface area contributed by atoms with Gasteiger partial charge in [-0.05, 0) is 42.5 Å². The van der Waals surface area contributed by atoms with E-state index in [-0.39, 0.29) is 16.4 Å². The van der Waals surface area contributed by atoms with E-state index in [0.717, 1.165) is 18.3 Å². The van der Waals surface area contributed by atoms with E-state index in [0.29, 0.717) is 4.68 Å². The van der Waals surface area contributed by atoms with E-state index >= 15 is 0 Å². The number of nitrogens with zero attached hydrogens (tertiary/aromatic N) is 2. The predicted molar refractivity (Wildman–Crippen MR) is 87.9 cm³/mol. The minimum absolute atomic E-state index is 0.0608. The third-order valence-electron chi connectivity index (χ3n) is 3.44. The smallest absolute Gasteiger partial charge is 0.322 e. The quantitative estimate of drug-likeness (QED) is 0.651. The van der Waals surface area contributed by atoms with Crippen LogP contribution in [0.5, 0.6) is 0 Å². The van der Waals surface area contributed by atoms with Crippen molar-refractivity contribution < 1.29 is 22.4 Å². The monoisotopic (exact) mass is 383 g/mol. The third-order valence-corrected chi connectivity index (χ3v) is 3.67. The van der Waals surface area contributed by atoms with Crippen LogP contribution in [0.1, 0.15) is 16.1 Å². The van der Waals surface area contributed by atoms with Gasteiger partial charge in [0.1, 0.15) is 5.82 Å². The second-order valence-electron chi connectivity index (χ2n) is 5.26. The predicted octanol–water partition coefficient (Wildman–Crippen LogP) is 4.94. The number of carbonyl (C=O) groups excluding carboxylic acids is 1. The Labute approximate surface area is 150 Å². The second-order valence-corrected chi connectivity index (χ2v) is 5.69. The van der Waals surface area contributed by atoms with Crippen LogP contribution in [-0.2, 0) is 6.18 Å². The molecule has 1 aromatic heterocycles. The first-order chi connectivity index (χ1) is 12.3. The number of amides is 1. The minimum atomic E-state index is -4.84. The fourth-order valence-corrected chi connectivity index (χ4v) is 2.51. The largest absolute Gasteiger partial charge is 0.434 e. The van der Waals surface area contributed by atoms with E-state index in [4.69, 9.17) is 11.6 Å². The maximum absolute atomic E-state index is 13.6. The molecule has 0 aliphatic rings. The summed E-state index contributed by atoms with van der Waals surface area (Å²) in [4.78, 5) is 12.3. The van der Waals surface area contributed by atoms with Gasteiger partial charge < -0.3 is 5.32 Å². The summed E-state index contributed by atoms with van der Waals surface area (Å²) in [5, 5.41) is 6.20. The molecule has 0 saturated heterocycles. The molecule has 1 amide bonds. The van der Waals surface area contributed by atoms with Gasteiger partial charge in [0, 0.05) is 10.7 Å². The number of alkyl halides is 3. The lowest BCUT2D eigenvalue weighted by Crippen LogP contribution is -2.20. The maximum Gasteiger partial charge on any atom is 0.434 e. The Morgan fingerprint density at radius 2 is 1.81 bits per heavy atom. The first kappa shape index (κ1) is 17.9. The van der Waals surface area contributed by atoms with Gasteiger partial charge >= 0.3 is 6.18 Å². The van der Waals surface area contributed by atoms with Crippen molar-refractivity contribution in [1.82, 2.24) is 9.78 Å². The molecule has 0 radical (unpaired) electrons. The lowest BCUT2D eigenvalue weighted by atomic mass is 10.2. The summed E-state index contributed by atoms with van der Waals surface area (Å²) in [6.45, 7) is 0. The molecule has 3 rings (SSSR count). The lowest BCUT2D eigenvalue weighted by Gasteiger charge is -2.13. The molecule has 4 nitrogen and oxygen atoms in total. The third kappa shape index (κ3) is 3.70. The van der Waals surface area contributed by atoms with Crippen LogP contribution in [0.3, 0.4) is 0 Å². The molecule has 0 saturated carbocycles. The molecule has 0 atom stereocenters. The number of aromatic nitrogens is 2. The van der Waals surface area contributed by atoms with Crippen LogP contribution >= 0.6 is 11.6 Å². The Kier molecular flexibility index (Phi) is 4.69. The fraction of sp³-hybridized carbons (Fsp3) is 0.0588. The minimum Gasteiger partial charge on any atom is -0.322 e. The molecule has 1 heterocycles. The van der Waals surface area contributed by atoms with Crippen molar-refractivity contribution in [2.75, 3.05) is 5.32 Å². The maximum atomic E-state index is 13.6. The van der Waals surface area contributed by atoms with Crippen molar-refractivity contribution >= 4 is 23.2 Å². The van der Waals surface area contributed by atoms with Crippen LogP contribution in [0.4, 0.5) is 23.2 Å². The van der Waals surface area contributed by atoms with Crippen LogP contribution in [0.2, 0.25) is 5.02 Å². The Bertz CT molecular complexity index is 951. The molecule has 0 bridgehead atoms. The number of carbonyl (C=O) groups is 1. The van der Waals surface area contributed by atoms with Crippen molar-refractivity contribution in [3.8, 4) is 5.69 Å². The van der Waals surface area contributed by atoms with E-state index in [1.807, 2.05) is 0 Å². The van der Waals surface area contributed by atoms with Crippen LogP contribution in [0.25, 0.3) is 5.69 Å². The highest BCUT2D eigenvalue weighted by molar-refractivity contribution is 6.30. The number of halogens is 5. The first-order valence-electron chi connectivity index (χ1n) is 7.24. The molecule has 134 valence electrons. The molecular formula is C17H10ClF4N3O. The topological polar surface area (TPSA) is 46.9 Å². The van der Waals surface area contributed by atoms with Gasteiger partial charge in [0.25, 0.3) is 5.91 Å². The van der Waals surface area contributed by atoms with Gasteiger partial charge in [0.2, 0.25) is 0 Å². The number of rotatable bonds is 3. The van der Waals surface area contributed by atoms with Gasteiger partial charge in [-0.2, -0.15) is 18.3 Å². The van der Waals surface area contributed by atoms with Crippen molar-refractivity contribution in [2.45, 2.75) is 6.18 Å². The van der Waals surface area contributed by atoms with E-state index in [9.17, 15) is 22.4 Å². The van der Waals surface area contributed by atoms with Gasteiger partial charge in [0.15, 0.2) is 5.69 Å². The Hall–Kier alpha value is -2.87. The zero-order valence-electron chi connectivity index (χ0n) is 12.9. The number of nitrogens with one attached hydrogen (secondary N) is 1. The SMILES string of the molecule is O=C(Nc1ccc(F)cc1)c1cnn(-c2cccc(Cl)c2)c1C(F)(F)F. The molecule has 0 aliphatic heterocycles. The highest BCUT2D eigenvalue weighted by atomic mass is 35.5. The van der Waals surface area contributed by atoms with Crippen LogP contribution in [0, 0.1) is 5.82 Å². The average Bonchev–Trinajstić information content (AvgIpc) is 3.02. The molecular weight excluding hydrogens is 374 g/mol. The summed E-state index contributed by atoms with van der Waals surface area (Å²) in [5.74, 6) is -1.55. The number of hydrogen-bond acceptors (Lipinski definition) is 2. The summed E-state index contributed by atoms with van der Waals surface area (Å²) in [5.41, 5.74) is -1.69. The van der Waals surface area contributed by atoms with Crippen molar-refractivity contribution in [2.24, 2.45) is 0 Å². The average molecular weight is 384 g/mol. The standard InChI is InChI=1S/C17H10ClF4N3O/c18-10-2-1-3-13(8-10)25-15(17(20,21)22)14(9-23-25)16(26)24-12-6-4-11(19)5-7-12/h1-9H,(H,24,26). The number of benzene rings is 2. The molecule has 26 heavy (non-hydrogen) atoms. The molecule has 0 unspecified atom stereocenters. The van der Waals surface area contributed by atoms with Gasteiger partial charge in [-0.3, -0.25) is 4.79 Å². The highest BCUT2D eigenvalue weighted by Crippen LogP contribution is 2.34. The molecule has 9 heteroatoms. The fourth-order valence-electron chi connectivity index (χ4n) is 2.32. The Morgan fingerprint density at radius 1 is 1.12 bits per heavy atom. The number of anilines is 1. The van der Waals surface area contributed by atoms with Crippen LogP contribution < -0.4 is 5.32 Å². The first-order valence-corrected chi connectivity index (χ1v) is 7.61. The molecule has 3 aromatic rings. The zero-order valence-corrected chi connectivity index (χ0v) is 13.6. The van der Waals surface area contributed by atoms with E-state index < -0.39 is 29.2 Å². The summed E-state index contributed by atoms with van der Waals surface area (Å²) < 4.78 is 54.2. The Morgan fingerprint density at radius 3 is 2.42 bits per heavy atom. The molecule has 0 aliphatic carbocycles. The summed E-state index contributed by atoms with van der Waals surface area (Å²) in [6.07, 6.45) is -4.02. The van der Waals surface area contributed by atoms with Crippen LogP contribution in [0.15, 0.2) is 54.7 Å². The molecule has 2 aromatic carbocycles. The van der Waals surface area contributed by atoms with Gasteiger partial charge in [-0.25, -0.2) is 9.07 Å². The van der Waals surface area contributed by atoms with E-state index in [2.05, 4.69) is 10.4 Å².